The van der Waals surface area contributed by atoms with Crippen LogP contribution in [0.2, 0.25) is 0 Å². The number of rotatable bonds is 1. The van der Waals surface area contributed by atoms with Crippen molar-refractivity contribution in [3.63, 3.8) is 0 Å². The van der Waals surface area contributed by atoms with Crippen LogP contribution in [0.5, 0.6) is 0 Å². The van der Waals surface area contributed by atoms with Gasteiger partial charge in [0.2, 0.25) is 0 Å². The van der Waals surface area contributed by atoms with Crippen LogP contribution in [0.15, 0.2) is 4.99 Å². The molecule has 1 fully saturated rings. The Morgan fingerprint density at radius 1 is 1.40 bits per heavy atom. The highest BCUT2D eigenvalue weighted by molar-refractivity contribution is 8.25. The first-order valence-corrected chi connectivity index (χ1v) is 6.54. The van der Waals surface area contributed by atoms with Crippen molar-refractivity contribution < 1.29 is 15.3 Å². The minimum Gasteiger partial charge on any atom is -0.395 e. The molecule has 0 bridgehead atoms. The molecule has 2 rings (SSSR count). The minimum atomic E-state index is -0.901. The van der Waals surface area contributed by atoms with Gasteiger partial charge in [-0.2, -0.15) is 0 Å². The van der Waals surface area contributed by atoms with Crippen LogP contribution in [0.3, 0.4) is 0 Å². The number of hydrogen-bond donors (Lipinski definition) is 4. The summed E-state index contributed by atoms with van der Waals surface area (Å²) in [5.41, 5.74) is 0. The summed E-state index contributed by atoms with van der Waals surface area (Å²) in [4.78, 5) is 4.28. The molecule has 7 heteroatoms. The molecule has 15 heavy (non-hydrogen) atoms. The van der Waals surface area contributed by atoms with Crippen LogP contribution in [0.25, 0.3) is 0 Å². The molecule has 5 atom stereocenters. The summed E-state index contributed by atoms with van der Waals surface area (Å²) in [5, 5.41) is 32.0. The van der Waals surface area contributed by atoms with E-state index in [4.69, 9.17) is 5.11 Å². The summed E-state index contributed by atoms with van der Waals surface area (Å²) in [6.45, 7) is -0.123. The highest BCUT2D eigenvalue weighted by atomic mass is 32.2. The van der Waals surface area contributed by atoms with Gasteiger partial charge in [-0.1, -0.05) is 11.8 Å². The second-order valence-electron chi connectivity index (χ2n) is 3.50. The van der Waals surface area contributed by atoms with E-state index in [0.717, 1.165) is 5.17 Å². The summed E-state index contributed by atoms with van der Waals surface area (Å²) in [5.74, 6) is 0. The SMILES string of the molecule is CNC1=NC2C(O)C(O)C(CO)S[C@@H]2S1. The lowest BCUT2D eigenvalue weighted by molar-refractivity contribution is -0.00539. The monoisotopic (exact) mass is 250 g/mol. The number of nitrogens with one attached hydrogen (secondary N) is 1. The Labute approximate surface area is 96.4 Å². The zero-order valence-corrected chi connectivity index (χ0v) is 9.83. The molecule has 0 spiro atoms. The van der Waals surface area contributed by atoms with Gasteiger partial charge in [-0.3, -0.25) is 4.99 Å². The molecular weight excluding hydrogens is 236 g/mol. The van der Waals surface area contributed by atoms with Crippen LogP contribution in [0, 0.1) is 0 Å². The lowest BCUT2D eigenvalue weighted by atomic mass is 10.0. The zero-order valence-electron chi connectivity index (χ0n) is 8.20. The molecule has 0 aromatic rings. The fraction of sp³-hybridized carbons (Fsp3) is 0.875. The Kier molecular flexibility index (Phi) is 3.46. The normalized spacial score (nSPS) is 44.8. The third-order valence-electron chi connectivity index (χ3n) is 2.56. The van der Waals surface area contributed by atoms with E-state index < -0.39 is 12.2 Å². The molecule has 1 saturated heterocycles. The fourth-order valence-electron chi connectivity index (χ4n) is 1.70. The van der Waals surface area contributed by atoms with E-state index in [0.29, 0.717) is 0 Å². The first-order valence-electron chi connectivity index (χ1n) is 4.72. The molecule has 0 radical (unpaired) electrons. The van der Waals surface area contributed by atoms with Gasteiger partial charge in [-0.05, 0) is 0 Å². The van der Waals surface area contributed by atoms with Crippen molar-refractivity contribution in [2.24, 2.45) is 4.99 Å². The number of aliphatic imine (C=N–C) groups is 1. The Morgan fingerprint density at radius 3 is 2.73 bits per heavy atom. The van der Waals surface area contributed by atoms with E-state index >= 15 is 0 Å². The minimum absolute atomic E-state index is 0.0861. The molecule has 0 aromatic heterocycles. The van der Waals surface area contributed by atoms with Crippen LogP contribution in [0.4, 0.5) is 0 Å². The summed E-state index contributed by atoms with van der Waals surface area (Å²) in [7, 11) is 1.78. The van der Waals surface area contributed by atoms with Crippen molar-refractivity contribution in [2.45, 2.75) is 28.1 Å². The van der Waals surface area contributed by atoms with Crippen molar-refractivity contribution in [3.8, 4) is 0 Å². The molecule has 2 heterocycles. The van der Waals surface area contributed by atoms with Crippen molar-refractivity contribution in [3.05, 3.63) is 0 Å². The third kappa shape index (κ3) is 1.99. The van der Waals surface area contributed by atoms with Crippen molar-refractivity contribution >= 4 is 28.7 Å². The number of amidine groups is 1. The number of aliphatic hydroxyl groups is 3. The predicted octanol–water partition coefficient (Wildman–Crippen LogP) is -1.17. The van der Waals surface area contributed by atoms with Crippen molar-refractivity contribution in [1.29, 1.82) is 0 Å². The zero-order chi connectivity index (χ0) is 11.0. The van der Waals surface area contributed by atoms with Gasteiger partial charge < -0.3 is 20.6 Å². The first-order chi connectivity index (χ1) is 7.17. The molecule has 0 aromatic carbocycles. The topological polar surface area (TPSA) is 85.1 Å². The highest BCUT2D eigenvalue weighted by Crippen LogP contribution is 2.43. The molecule has 2 aliphatic rings. The van der Waals surface area contributed by atoms with E-state index in [1.165, 1.54) is 23.5 Å². The lowest BCUT2D eigenvalue weighted by Gasteiger charge is -2.36. The summed E-state index contributed by atoms with van der Waals surface area (Å²) >= 11 is 3.02. The predicted molar refractivity (Wildman–Crippen MR) is 62.1 cm³/mol. The van der Waals surface area contributed by atoms with Gasteiger partial charge in [0.25, 0.3) is 0 Å². The van der Waals surface area contributed by atoms with Gasteiger partial charge in [0.15, 0.2) is 5.17 Å². The van der Waals surface area contributed by atoms with E-state index in [-0.39, 0.29) is 22.5 Å². The molecular formula is C8H14N2O3S2. The standard InChI is InChI=1S/C8H14N2O3S2/c1-9-8-10-4-6(13)5(12)3(2-11)14-7(4)15-8/h3-7,11-13H,2H2,1H3,(H,9,10)/t3?,4?,5?,6?,7-/m1/s1. The van der Waals surface area contributed by atoms with E-state index in [2.05, 4.69) is 10.3 Å². The molecule has 0 aliphatic carbocycles. The lowest BCUT2D eigenvalue weighted by Crippen LogP contribution is -2.51. The molecule has 4 unspecified atom stereocenters. The van der Waals surface area contributed by atoms with Gasteiger partial charge >= 0.3 is 0 Å². The maximum atomic E-state index is 9.84. The van der Waals surface area contributed by atoms with Crippen LogP contribution in [-0.2, 0) is 0 Å². The Balaban J connectivity index is 2.12. The van der Waals surface area contributed by atoms with E-state index in [9.17, 15) is 10.2 Å². The quantitative estimate of drug-likeness (QED) is 0.469. The van der Waals surface area contributed by atoms with Crippen LogP contribution in [-0.4, -0.2) is 62.2 Å². The molecule has 0 saturated carbocycles. The van der Waals surface area contributed by atoms with Crippen LogP contribution in [0.1, 0.15) is 0 Å². The Hall–Kier alpha value is 0.0500. The molecule has 86 valence electrons. The average Bonchev–Trinajstić information content (AvgIpc) is 2.66. The van der Waals surface area contributed by atoms with Crippen molar-refractivity contribution in [2.75, 3.05) is 13.7 Å². The Morgan fingerprint density at radius 2 is 2.13 bits per heavy atom. The number of thioether (sulfide) groups is 2. The number of fused-ring (bicyclic) bond motifs is 1. The van der Waals surface area contributed by atoms with Crippen molar-refractivity contribution in [1.82, 2.24) is 5.32 Å². The maximum absolute atomic E-state index is 9.84. The number of hydrogen-bond acceptors (Lipinski definition) is 7. The van der Waals surface area contributed by atoms with Gasteiger partial charge in [-0.25, -0.2) is 0 Å². The fourth-order valence-corrected chi connectivity index (χ4v) is 4.64. The number of nitrogens with zero attached hydrogens (tertiary/aromatic N) is 1. The van der Waals surface area contributed by atoms with Gasteiger partial charge in [0.05, 0.1) is 22.5 Å². The largest absolute Gasteiger partial charge is 0.395 e. The molecule has 4 N–H and O–H groups in total. The van der Waals surface area contributed by atoms with Gasteiger partial charge in [0, 0.05) is 7.05 Å². The second-order valence-corrected chi connectivity index (χ2v) is 6.31. The summed E-state index contributed by atoms with van der Waals surface area (Å²) < 4.78 is 0.0861. The maximum Gasteiger partial charge on any atom is 0.157 e. The van der Waals surface area contributed by atoms with E-state index in [1.807, 2.05) is 0 Å². The second kappa shape index (κ2) is 4.50. The third-order valence-corrected chi connectivity index (χ3v) is 5.55. The average molecular weight is 250 g/mol. The molecule has 0 amide bonds. The molecule has 2 aliphatic heterocycles. The van der Waals surface area contributed by atoms with Gasteiger partial charge in [0.1, 0.15) is 12.1 Å². The summed E-state index contributed by atoms with van der Waals surface area (Å²) in [6.07, 6.45) is -1.78. The smallest absolute Gasteiger partial charge is 0.157 e. The van der Waals surface area contributed by atoms with E-state index in [1.54, 1.807) is 7.05 Å². The first kappa shape index (κ1) is 11.5. The number of aliphatic hydroxyl groups excluding tert-OH is 3. The Bertz CT molecular complexity index is 277. The highest BCUT2D eigenvalue weighted by Gasteiger charge is 2.47. The van der Waals surface area contributed by atoms with Crippen LogP contribution < -0.4 is 5.32 Å². The van der Waals surface area contributed by atoms with Gasteiger partial charge in [-0.15, -0.1) is 11.8 Å². The summed E-state index contributed by atoms with van der Waals surface area (Å²) in [6, 6.07) is -0.278. The molecule has 5 nitrogen and oxygen atoms in total. The van der Waals surface area contributed by atoms with Crippen LogP contribution >= 0.6 is 23.5 Å².